The van der Waals surface area contributed by atoms with Gasteiger partial charge in [-0.3, -0.25) is 0 Å². The highest BCUT2D eigenvalue weighted by Gasteiger charge is 2.09. The molecule has 1 aromatic carbocycles. The first-order valence-electron chi connectivity index (χ1n) is 5.88. The predicted octanol–water partition coefficient (Wildman–Crippen LogP) is 4.96. The molecule has 0 unspecified atom stereocenters. The Balaban J connectivity index is 1.97. The number of aryl methyl sites for hydroxylation is 1. The first-order chi connectivity index (χ1) is 9.11. The van der Waals surface area contributed by atoms with Crippen LogP contribution in [0.4, 0.5) is 0 Å². The van der Waals surface area contributed by atoms with Crippen molar-refractivity contribution in [2.24, 2.45) is 0 Å². The van der Waals surface area contributed by atoms with E-state index in [4.69, 9.17) is 34.8 Å². The second-order valence-corrected chi connectivity index (χ2v) is 6.39. The Morgan fingerprint density at radius 2 is 1.89 bits per heavy atom. The highest BCUT2D eigenvalue weighted by atomic mass is 35.5. The summed E-state index contributed by atoms with van der Waals surface area (Å²) in [5.41, 5.74) is 0.822. The largest absolute Gasteiger partial charge is 0.306 e. The summed E-state index contributed by atoms with van der Waals surface area (Å²) in [6.07, 6.45) is 2.94. The van der Waals surface area contributed by atoms with Crippen molar-refractivity contribution < 1.29 is 0 Å². The highest BCUT2D eigenvalue weighted by Crippen LogP contribution is 2.31. The van der Waals surface area contributed by atoms with E-state index in [0.29, 0.717) is 28.2 Å². The molecule has 1 N–H and O–H groups in total. The molecule has 0 bridgehead atoms. The number of benzene rings is 1. The maximum Gasteiger partial charge on any atom is 0.107 e. The van der Waals surface area contributed by atoms with Crippen molar-refractivity contribution in [1.29, 1.82) is 0 Å². The number of hydrogen-bond donors (Lipinski definition) is 1. The Morgan fingerprint density at radius 3 is 2.58 bits per heavy atom. The zero-order valence-electron chi connectivity index (χ0n) is 10.3. The number of thiazole rings is 1. The van der Waals surface area contributed by atoms with E-state index in [1.807, 2.05) is 6.20 Å². The third kappa shape index (κ3) is 3.83. The van der Waals surface area contributed by atoms with Gasteiger partial charge in [-0.1, -0.05) is 41.7 Å². The fourth-order valence-electron chi connectivity index (χ4n) is 1.62. The summed E-state index contributed by atoms with van der Waals surface area (Å²) in [6.45, 7) is 3.39. The second kappa shape index (κ2) is 6.91. The maximum absolute atomic E-state index is 6.14. The zero-order chi connectivity index (χ0) is 13.8. The van der Waals surface area contributed by atoms with Gasteiger partial charge in [-0.2, -0.15) is 0 Å². The molecule has 0 saturated heterocycles. The molecule has 2 aromatic rings. The number of nitrogens with one attached hydrogen (secondary N) is 1. The van der Waals surface area contributed by atoms with Crippen molar-refractivity contribution in [3.8, 4) is 0 Å². The summed E-state index contributed by atoms with van der Waals surface area (Å²) >= 11 is 19.9. The first kappa shape index (κ1) is 15.1. The van der Waals surface area contributed by atoms with Gasteiger partial charge in [-0.25, -0.2) is 4.98 Å². The Morgan fingerprint density at radius 1 is 1.16 bits per heavy atom. The van der Waals surface area contributed by atoms with Crippen LogP contribution in [0.15, 0.2) is 18.3 Å². The molecule has 0 aliphatic rings. The van der Waals surface area contributed by atoms with Gasteiger partial charge >= 0.3 is 0 Å². The van der Waals surface area contributed by atoms with E-state index in [2.05, 4.69) is 17.2 Å². The molecule has 0 saturated carbocycles. The van der Waals surface area contributed by atoms with Crippen LogP contribution in [0, 0.1) is 0 Å². The number of nitrogens with zero attached hydrogens (tertiary/aromatic N) is 1. The molecule has 0 amide bonds. The van der Waals surface area contributed by atoms with Crippen LogP contribution in [0.25, 0.3) is 0 Å². The van der Waals surface area contributed by atoms with Crippen molar-refractivity contribution in [3.63, 3.8) is 0 Å². The molecule has 0 spiro atoms. The van der Waals surface area contributed by atoms with E-state index in [0.717, 1.165) is 17.0 Å². The topological polar surface area (TPSA) is 24.9 Å². The van der Waals surface area contributed by atoms with Gasteiger partial charge in [0.2, 0.25) is 0 Å². The van der Waals surface area contributed by atoms with Crippen LogP contribution < -0.4 is 5.32 Å². The molecule has 0 aliphatic heterocycles. The highest BCUT2D eigenvalue weighted by molar-refractivity contribution is 7.11. The van der Waals surface area contributed by atoms with Gasteiger partial charge in [0.1, 0.15) is 5.01 Å². The smallest absolute Gasteiger partial charge is 0.107 e. The predicted molar refractivity (Wildman–Crippen MR) is 83.5 cm³/mol. The Kier molecular flexibility index (Phi) is 5.48. The maximum atomic E-state index is 6.14. The van der Waals surface area contributed by atoms with E-state index in [-0.39, 0.29) is 0 Å². The molecular weight excluding hydrogens is 323 g/mol. The summed E-state index contributed by atoms with van der Waals surface area (Å²) in [7, 11) is 0. The van der Waals surface area contributed by atoms with Crippen molar-refractivity contribution in [2.75, 3.05) is 0 Å². The van der Waals surface area contributed by atoms with E-state index in [1.165, 1.54) is 4.88 Å². The van der Waals surface area contributed by atoms with Crippen LogP contribution in [0.5, 0.6) is 0 Å². The summed E-state index contributed by atoms with van der Waals surface area (Å²) in [4.78, 5) is 5.63. The quantitative estimate of drug-likeness (QED) is 0.782. The number of halogens is 3. The monoisotopic (exact) mass is 334 g/mol. The lowest BCUT2D eigenvalue weighted by Gasteiger charge is -2.09. The van der Waals surface area contributed by atoms with E-state index >= 15 is 0 Å². The molecular formula is C13H13Cl3N2S. The van der Waals surface area contributed by atoms with Crippen molar-refractivity contribution in [3.05, 3.63) is 48.8 Å². The van der Waals surface area contributed by atoms with Gasteiger partial charge in [-0.15, -0.1) is 11.3 Å². The van der Waals surface area contributed by atoms with Gasteiger partial charge in [-0.05, 0) is 18.6 Å². The Hall–Kier alpha value is -0.320. The molecule has 0 aliphatic carbocycles. The van der Waals surface area contributed by atoms with Gasteiger partial charge in [0.25, 0.3) is 0 Å². The normalized spacial score (nSPS) is 10.9. The summed E-state index contributed by atoms with van der Waals surface area (Å²) in [5, 5.41) is 5.99. The van der Waals surface area contributed by atoms with Crippen LogP contribution in [0.3, 0.4) is 0 Å². The standard InChI is InChI=1S/C13H13Cl3N2S/c1-2-8-5-18-12(19-8)7-17-6-9-10(14)3-4-11(15)13(9)16/h3-5,17H,2,6-7H2,1H3. The molecule has 0 atom stereocenters. The first-order valence-corrected chi connectivity index (χ1v) is 7.83. The molecule has 102 valence electrons. The van der Waals surface area contributed by atoms with E-state index in [1.54, 1.807) is 23.5 Å². The lowest BCUT2D eigenvalue weighted by molar-refractivity contribution is 0.690. The SMILES string of the molecule is CCc1cnc(CNCc2c(Cl)ccc(Cl)c2Cl)s1. The molecule has 6 heteroatoms. The lowest BCUT2D eigenvalue weighted by Crippen LogP contribution is -2.13. The average molecular weight is 336 g/mol. The molecule has 0 fully saturated rings. The van der Waals surface area contributed by atoms with Gasteiger partial charge < -0.3 is 5.32 Å². The zero-order valence-corrected chi connectivity index (χ0v) is 13.4. The fraction of sp³-hybridized carbons (Fsp3) is 0.308. The minimum Gasteiger partial charge on any atom is -0.306 e. The number of aromatic nitrogens is 1. The van der Waals surface area contributed by atoms with Crippen LogP contribution in [-0.4, -0.2) is 4.98 Å². The van der Waals surface area contributed by atoms with E-state index in [9.17, 15) is 0 Å². The Bertz CT molecular complexity index is 569. The molecule has 19 heavy (non-hydrogen) atoms. The van der Waals surface area contributed by atoms with Crippen LogP contribution in [0.2, 0.25) is 15.1 Å². The minimum atomic E-state index is 0.509. The second-order valence-electron chi connectivity index (χ2n) is 4.00. The molecule has 1 heterocycles. The lowest BCUT2D eigenvalue weighted by atomic mass is 10.2. The fourth-order valence-corrected chi connectivity index (χ4v) is 3.13. The minimum absolute atomic E-state index is 0.509. The molecule has 1 aromatic heterocycles. The van der Waals surface area contributed by atoms with E-state index < -0.39 is 0 Å². The number of hydrogen-bond acceptors (Lipinski definition) is 3. The van der Waals surface area contributed by atoms with Crippen molar-refractivity contribution in [2.45, 2.75) is 26.4 Å². The van der Waals surface area contributed by atoms with Crippen LogP contribution in [-0.2, 0) is 19.5 Å². The van der Waals surface area contributed by atoms with Crippen molar-refractivity contribution >= 4 is 46.1 Å². The van der Waals surface area contributed by atoms with Gasteiger partial charge in [0, 0.05) is 34.7 Å². The third-order valence-electron chi connectivity index (χ3n) is 2.67. The van der Waals surface area contributed by atoms with Gasteiger partial charge in [0.15, 0.2) is 0 Å². The average Bonchev–Trinajstić information content (AvgIpc) is 2.86. The van der Waals surface area contributed by atoms with Crippen LogP contribution >= 0.6 is 46.1 Å². The molecule has 2 rings (SSSR count). The third-order valence-corrected chi connectivity index (χ3v) is 5.01. The Labute approximate surface area is 131 Å². The van der Waals surface area contributed by atoms with Gasteiger partial charge in [0.05, 0.1) is 10.0 Å². The number of rotatable bonds is 5. The summed E-state index contributed by atoms with van der Waals surface area (Å²) < 4.78 is 0. The summed E-state index contributed by atoms with van der Waals surface area (Å²) in [6, 6.07) is 3.45. The summed E-state index contributed by atoms with van der Waals surface area (Å²) in [5.74, 6) is 0. The molecule has 0 radical (unpaired) electrons. The van der Waals surface area contributed by atoms with Crippen molar-refractivity contribution in [1.82, 2.24) is 10.3 Å². The molecule has 2 nitrogen and oxygen atoms in total. The van der Waals surface area contributed by atoms with Crippen LogP contribution in [0.1, 0.15) is 22.4 Å².